The van der Waals surface area contributed by atoms with E-state index in [-0.39, 0.29) is 13.2 Å². The lowest BCUT2D eigenvalue weighted by molar-refractivity contribution is -0.158. The van der Waals surface area contributed by atoms with Crippen LogP contribution in [0.15, 0.2) is 24.8 Å². The number of amides is 1. The highest BCUT2D eigenvalue weighted by molar-refractivity contribution is 6.32. The average Bonchev–Trinajstić information content (AvgIpc) is 2.64. The number of halogens is 1. The fourth-order valence-corrected chi connectivity index (χ4v) is 2.53. The number of benzene rings is 1. The van der Waals surface area contributed by atoms with Crippen molar-refractivity contribution in [3.63, 3.8) is 0 Å². The molecule has 142 valence electrons. The lowest BCUT2D eigenvalue weighted by Crippen LogP contribution is -2.33. The zero-order valence-electron chi connectivity index (χ0n) is 14.6. The van der Waals surface area contributed by atoms with Crippen LogP contribution in [0.25, 0.3) is 0 Å². The van der Waals surface area contributed by atoms with Gasteiger partial charge in [0.1, 0.15) is 13.2 Å². The van der Waals surface area contributed by atoms with Crippen LogP contribution in [0.3, 0.4) is 0 Å². The molecule has 26 heavy (non-hydrogen) atoms. The summed E-state index contributed by atoms with van der Waals surface area (Å²) in [5, 5.41) is 3.16. The molecule has 0 saturated carbocycles. The Morgan fingerprint density at radius 1 is 1.38 bits per heavy atom. The van der Waals surface area contributed by atoms with Crippen LogP contribution >= 0.6 is 11.6 Å². The van der Waals surface area contributed by atoms with Crippen molar-refractivity contribution in [1.82, 2.24) is 5.32 Å². The largest absolute Gasteiger partial charge is 0.486 e. The van der Waals surface area contributed by atoms with Crippen LogP contribution in [-0.4, -0.2) is 51.0 Å². The number of hydrogen-bond donors (Lipinski definition) is 1. The van der Waals surface area contributed by atoms with Crippen LogP contribution in [0.2, 0.25) is 5.02 Å². The van der Waals surface area contributed by atoms with E-state index < -0.39 is 18.0 Å². The minimum Gasteiger partial charge on any atom is -0.486 e. The van der Waals surface area contributed by atoms with Gasteiger partial charge in [0.15, 0.2) is 24.2 Å². The highest BCUT2D eigenvalue weighted by atomic mass is 35.5. The number of esters is 1. The first-order chi connectivity index (χ1) is 12.5. The smallest absolute Gasteiger partial charge is 0.335 e. The molecule has 8 heteroatoms. The van der Waals surface area contributed by atoms with Crippen LogP contribution in [0.5, 0.6) is 11.5 Å². The highest BCUT2D eigenvalue weighted by Gasteiger charge is 2.17. The fraction of sp³-hybridized carbons (Fsp3) is 0.444. The maximum Gasteiger partial charge on any atom is 0.335 e. The van der Waals surface area contributed by atoms with Crippen molar-refractivity contribution >= 4 is 23.5 Å². The van der Waals surface area contributed by atoms with E-state index in [1.807, 2.05) is 6.07 Å². The molecule has 1 heterocycles. The van der Waals surface area contributed by atoms with Crippen molar-refractivity contribution in [2.24, 2.45) is 0 Å². The molecule has 0 aromatic heterocycles. The predicted molar refractivity (Wildman–Crippen MR) is 95.7 cm³/mol. The van der Waals surface area contributed by atoms with Gasteiger partial charge in [0.05, 0.1) is 11.6 Å². The number of carbonyl (C=O) groups is 2. The summed E-state index contributed by atoms with van der Waals surface area (Å²) < 4.78 is 21.0. The van der Waals surface area contributed by atoms with Gasteiger partial charge in [0.25, 0.3) is 5.91 Å². The topological polar surface area (TPSA) is 83.1 Å². The monoisotopic (exact) mass is 383 g/mol. The lowest BCUT2D eigenvalue weighted by atomic mass is 10.1. The standard InChI is InChI=1S/C18H22ClNO6/c1-3-6-23-12(2)18(22)26-11-16(21)20-5-4-13-9-14(19)17-15(10-13)24-7-8-25-17/h3,9-10,12H,1,4-8,11H2,2H3,(H,20,21). The van der Waals surface area contributed by atoms with E-state index in [0.717, 1.165) is 5.56 Å². The third-order valence-corrected chi connectivity index (χ3v) is 3.81. The van der Waals surface area contributed by atoms with Crippen LogP contribution in [0, 0.1) is 0 Å². The molecule has 0 spiro atoms. The third kappa shape index (κ3) is 5.93. The summed E-state index contributed by atoms with van der Waals surface area (Å²) in [6.45, 7) is 6.23. The molecule has 1 aliphatic rings. The number of ether oxygens (including phenoxy) is 4. The first-order valence-corrected chi connectivity index (χ1v) is 8.63. The van der Waals surface area contributed by atoms with E-state index in [4.69, 9.17) is 30.5 Å². The summed E-state index contributed by atoms with van der Waals surface area (Å²) in [5.41, 5.74) is 0.906. The molecule has 1 aromatic rings. The molecule has 7 nitrogen and oxygen atoms in total. The Labute approximate surface area is 157 Å². The van der Waals surface area contributed by atoms with Crippen molar-refractivity contribution in [3.05, 3.63) is 35.4 Å². The summed E-state index contributed by atoms with van der Waals surface area (Å²) in [7, 11) is 0. The van der Waals surface area contributed by atoms with E-state index in [2.05, 4.69) is 11.9 Å². The Kier molecular flexibility index (Phi) is 7.74. The molecule has 1 aromatic carbocycles. The first kappa shape index (κ1) is 20.1. The van der Waals surface area contributed by atoms with Gasteiger partial charge in [-0.2, -0.15) is 0 Å². The Morgan fingerprint density at radius 3 is 2.92 bits per heavy atom. The predicted octanol–water partition coefficient (Wildman–Crippen LogP) is 1.90. The maximum atomic E-state index is 11.8. The highest BCUT2D eigenvalue weighted by Crippen LogP contribution is 2.38. The summed E-state index contributed by atoms with van der Waals surface area (Å²) in [4.78, 5) is 23.4. The summed E-state index contributed by atoms with van der Waals surface area (Å²) in [5.74, 6) is 0.163. The molecule has 0 aliphatic carbocycles. The molecule has 1 aliphatic heterocycles. The van der Waals surface area contributed by atoms with Crippen molar-refractivity contribution in [2.45, 2.75) is 19.4 Å². The van der Waals surface area contributed by atoms with Gasteiger partial charge in [-0.1, -0.05) is 17.7 Å². The van der Waals surface area contributed by atoms with Gasteiger partial charge in [-0.25, -0.2) is 4.79 Å². The molecule has 0 fully saturated rings. The SMILES string of the molecule is C=CCOC(C)C(=O)OCC(=O)NCCc1cc(Cl)c2c(c1)OCCO2. The average molecular weight is 384 g/mol. The Bertz CT molecular complexity index is 663. The van der Waals surface area contributed by atoms with Gasteiger partial charge in [0, 0.05) is 6.54 Å². The summed E-state index contributed by atoms with van der Waals surface area (Å²) in [6.07, 6.45) is 1.33. The van der Waals surface area contributed by atoms with E-state index >= 15 is 0 Å². The molecule has 1 N–H and O–H groups in total. The van der Waals surface area contributed by atoms with Gasteiger partial charge in [0.2, 0.25) is 0 Å². The van der Waals surface area contributed by atoms with Crippen LogP contribution in [-0.2, 0) is 25.5 Å². The zero-order chi connectivity index (χ0) is 18.9. The van der Waals surface area contributed by atoms with E-state index in [1.165, 1.54) is 6.08 Å². The molecule has 1 unspecified atom stereocenters. The number of carbonyl (C=O) groups excluding carboxylic acids is 2. The molecular formula is C18H22ClNO6. The van der Waals surface area contributed by atoms with Crippen molar-refractivity contribution in [1.29, 1.82) is 0 Å². The van der Waals surface area contributed by atoms with E-state index in [9.17, 15) is 9.59 Å². The van der Waals surface area contributed by atoms with E-state index in [1.54, 1.807) is 13.0 Å². The van der Waals surface area contributed by atoms with Crippen molar-refractivity contribution in [2.75, 3.05) is 33.0 Å². The summed E-state index contributed by atoms with van der Waals surface area (Å²) in [6, 6.07) is 3.62. The quantitative estimate of drug-likeness (QED) is 0.518. The molecule has 0 bridgehead atoms. The van der Waals surface area contributed by atoms with Crippen molar-refractivity contribution < 1.29 is 28.5 Å². The number of fused-ring (bicyclic) bond motifs is 1. The fourth-order valence-electron chi connectivity index (χ4n) is 2.24. The molecule has 1 amide bonds. The summed E-state index contributed by atoms with van der Waals surface area (Å²) >= 11 is 6.17. The molecule has 0 radical (unpaired) electrons. The maximum absolute atomic E-state index is 11.8. The van der Waals surface area contributed by atoms with Crippen molar-refractivity contribution in [3.8, 4) is 11.5 Å². The number of nitrogens with one attached hydrogen (secondary N) is 1. The molecular weight excluding hydrogens is 362 g/mol. The van der Waals surface area contributed by atoms with Gasteiger partial charge < -0.3 is 24.3 Å². The zero-order valence-corrected chi connectivity index (χ0v) is 15.3. The second kappa shape index (κ2) is 10.0. The second-order valence-corrected chi connectivity index (χ2v) is 5.98. The third-order valence-electron chi connectivity index (χ3n) is 3.53. The van der Waals surface area contributed by atoms with Crippen LogP contribution in [0.1, 0.15) is 12.5 Å². The number of rotatable bonds is 9. The van der Waals surface area contributed by atoms with Gasteiger partial charge in [-0.05, 0) is 31.0 Å². The Balaban J connectivity index is 1.72. The molecule has 1 atom stereocenters. The van der Waals surface area contributed by atoms with Crippen LogP contribution in [0.4, 0.5) is 0 Å². The molecule has 0 saturated heterocycles. The van der Waals surface area contributed by atoms with E-state index in [0.29, 0.717) is 42.7 Å². The van der Waals surface area contributed by atoms with Crippen LogP contribution < -0.4 is 14.8 Å². The number of hydrogen-bond acceptors (Lipinski definition) is 6. The lowest BCUT2D eigenvalue weighted by Gasteiger charge is -2.20. The van der Waals surface area contributed by atoms with Gasteiger partial charge >= 0.3 is 5.97 Å². The first-order valence-electron chi connectivity index (χ1n) is 8.25. The minimum absolute atomic E-state index is 0.237. The molecule has 2 rings (SSSR count). The Hall–Kier alpha value is -2.25. The normalized spacial score (nSPS) is 13.6. The Morgan fingerprint density at radius 2 is 2.15 bits per heavy atom. The van der Waals surface area contributed by atoms with Gasteiger partial charge in [-0.3, -0.25) is 4.79 Å². The van der Waals surface area contributed by atoms with Gasteiger partial charge in [-0.15, -0.1) is 6.58 Å². The minimum atomic E-state index is -0.749. The second-order valence-electron chi connectivity index (χ2n) is 5.57.